The van der Waals surface area contributed by atoms with Gasteiger partial charge in [0.25, 0.3) is 0 Å². The number of thiocarbonyl (C=S) groups is 1. The Bertz CT molecular complexity index is 480. The summed E-state index contributed by atoms with van der Waals surface area (Å²) in [5, 5.41) is 0. The minimum absolute atomic E-state index is 0.112. The monoisotopic (exact) mass is 291 g/mol. The van der Waals surface area contributed by atoms with E-state index in [0.29, 0.717) is 6.54 Å². The van der Waals surface area contributed by atoms with Crippen LogP contribution in [0.4, 0.5) is 19.0 Å². The molecule has 0 spiro atoms. The van der Waals surface area contributed by atoms with Gasteiger partial charge >= 0.3 is 6.18 Å². The summed E-state index contributed by atoms with van der Waals surface area (Å²) in [4.78, 5) is 5.46. The highest BCUT2D eigenvalue weighted by Gasteiger charge is 2.36. The third-order valence-electron chi connectivity index (χ3n) is 2.78. The molecule has 104 valence electrons. The van der Waals surface area contributed by atoms with Crippen molar-refractivity contribution < 1.29 is 17.9 Å². The highest BCUT2D eigenvalue weighted by Crippen LogP contribution is 2.35. The number of aromatic nitrogens is 1. The summed E-state index contributed by atoms with van der Waals surface area (Å²) in [6.45, 7) is 0.754. The Morgan fingerprint density at radius 2 is 2.26 bits per heavy atom. The van der Waals surface area contributed by atoms with Crippen LogP contribution >= 0.6 is 12.2 Å². The standard InChI is InChI=1S/C11H12F3N3OS/c12-11(13,14)7-2-1-3-16-10(7)17-4-5-18-8(6-17)9(15)19/h1-3,8H,4-6H2,(H2,15,19). The van der Waals surface area contributed by atoms with Gasteiger partial charge in [0.2, 0.25) is 0 Å². The molecule has 1 unspecified atom stereocenters. The molecular formula is C11H12F3N3OS. The van der Waals surface area contributed by atoms with Crippen molar-refractivity contribution in [3.63, 3.8) is 0 Å². The van der Waals surface area contributed by atoms with Gasteiger partial charge in [-0.3, -0.25) is 0 Å². The fourth-order valence-electron chi connectivity index (χ4n) is 1.88. The number of nitrogens with zero attached hydrogens (tertiary/aromatic N) is 2. The number of morpholine rings is 1. The number of pyridine rings is 1. The van der Waals surface area contributed by atoms with E-state index in [-0.39, 0.29) is 24.0 Å². The van der Waals surface area contributed by atoms with Crippen LogP contribution in [-0.4, -0.2) is 35.8 Å². The minimum atomic E-state index is -4.44. The fraction of sp³-hybridized carbons (Fsp3) is 0.455. The third kappa shape index (κ3) is 3.13. The molecule has 19 heavy (non-hydrogen) atoms. The van der Waals surface area contributed by atoms with Crippen LogP contribution in [0.3, 0.4) is 0 Å². The summed E-state index contributed by atoms with van der Waals surface area (Å²) in [7, 11) is 0. The Labute approximate surface area is 113 Å². The van der Waals surface area contributed by atoms with Crippen LogP contribution in [0.5, 0.6) is 0 Å². The number of hydrogen-bond donors (Lipinski definition) is 1. The molecule has 1 atom stereocenters. The summed E-state index contributed by atoms with van der Waals surface area (Å²) < 4.78 is 44.0. The number of anilines is 1. The molecule has 1 aromatic rings. The SMILES string of the molecule is NC(=S)C1CN(c2ncccc2C(F)(F)F)CCO1. The van der Waals surface area contributed by atoms with E-state index < -0.39 is 17.8 Å². The predicted octanol–water partition coefficient (Wildman–Crippen LogP) is 1.59. The lowest BCUT2D eigenvalue weighted by atomic mass is 10.2. The first-order chi connectivity index (χ1) is 8.89. The van der Waals surface area contributed by atoms with Gasteiger partial charge in [0.15, 0.2) is 0 Å². The Kier molecular flexibility index (Phi) is 3.91. The van der Waals surface area contributed by atoms with Crippen LogP contribution in [0.15, 0.2) is 18.3 Å². The van der Waals surface area contributed by atoms with Gasteiger partial charge in [0.1, 0.15) is 16.9 Å². The first kappa shape index (κ1) is 14.0. The van der Waals surface area contributed by atoms with Crippen LogP contribution < -0.4 is 10.6 Å². The zero-order valence-corrected chi connectivity index (χ0v) is 10.7. The van der Waals surface area contributed by atoms with Gasteiger partial charge in [-0.2, -0.15) is 13.2 Å². The number of rotatable bonds is 2. The largest absolute Gasteiger partial charge is 0.419 e. The van der Waals surface area contributed by atoms with Gasteiger partial charge < -0.3 is 15.4 Å². The lowest BCUT2D eigenvalue weighted by molar-refractivity contribution is -0.137. The van der Waals surface area contributed by atoms with Crippen molar-refractivity contribution in [1.82, 2.24) is 4.98 Å². The van der Waals surface area contributed by atoms with Crippen LogP contribution in [0, 0.1) is 0 Å². The first-order valence-electron chi connectivity index (χ1n) is 5.57. The number of halogens is 3. The maximum absolute atomic E-state index is 12.9. The molecule has 1 saturated heterocycles. The van der Waals surface area contributed by atoms with E-state index in [1.54, 1.807) is 0 Å². The predicted molar refractivity (Wildman–Crippen MR) is 68.0 cm³/mol. The normalized spacial score (nSPS) is 20.4. The van der Waals surface area contributed by atoms with Crippen molar-refractivity contribution in [1.29, 1.82) is 0 Å². The zero-order chi connectivity index (χ0) is 14.0. The maximum atomic E-state index is 12.9. The molecule has 2 N–H and O–H groups in total. The van der Waals surface area contributed by atoms with E-state index in [1.165, 1.54) is 17.2 Å². The lowest BCUT2D eigenvalue weighted by Gasteiger charge is -2.34. The Morgan fingerprint density at radius 3 is 2.89 bits per heavy atom. The van der Waals surface area contributed by atoms with E-state index in [0.717, 1.165) is 6.07 Å². The highest BCUT2D eigenvalue weighted by molar-refractivity contribution is 7.80. The molecule has 1 fully saturated rings. The topological polar surface area (TPSA) is 51.4 Å². The molecule has 1 aliphatic rings. The van der Waals surface area contributed by atoms with Crippen molar-refractivity contribution in [2.24, 2.45) is 5.73 Å². The van der Waals surface area contributed by atoms with Crippen LogP contribution in [0.2, 0.25) is 0 Å². The number of ether oxygens (including phenoxy) is 1. The second kappa shape index (κ2) is 5.30. The summed E-state index contributed by atoms with van der Waals surface area (Å²) in [5.74, 6) is -0.112. The van der Waals surface area contributed by atoms with Crippen molar-refractivity contribution in [2.75, 3.05) is 24.6 Å². The molecule has 0 radical (unpaired) electrons. The van der Waals surface area contributed by atoms with Crippen molar-refractivity contribution in [3.8, 4) is 0 Å². The smallest absolute Gasteiger partial charge is 0.391 e. The van der Waals surface area contributed by atoms with Crippen LogP contribution in [0.1, 0.15) is 5.56 Å². The number of alkyl halides is 3. The molecule has 1 aromatic heterocycles. The Morgan fingerprint density at radius 1 is 1.53 bits per heavy atom. The van der Waals surface area contributed by atoms with E-state index in [4.69, 9.17) is 22.7 Å². The summed E-state index contributed by atoms with van der Waals surface area (Å²) in [6, 6.07) is 2.27. The molecule has 8 heteroatoms. The summed E-state index contributed by atoms with van der Waals surface area (Å²) in [6.07, 6.45) is -3.66. The average molecular weight is 291 g/mol. The lowest BCUT2D eigenvalue weighted by Crippen LogP contribution is -2.48. The molecule has 4 nitrogen and oxygen atoms in total. The van der Waals surface area contributed by atoms with E-state index in [1.807, 2.05) is 0 Å². The molecule has 0 bridgehead atoms. The Hall–Kier alpha value is -1.41. The van der Waals surface area contributed by atoms with Gasteiger partial charge in [-0.15, -0.1) is 0 Å². The van der Waals surface area contributed by atoms with Gasteiger partial charge in [-0.25, -0.2) is 4.98 Å². The maximum Gasteiger partial charge on any atom is 0.419 e. The average Bonchev–Trinajstić information content (AvgIpc) is 2.38. The number of hydrogen-bond acceptors (Lipinski definition) is 4. The molecule has 0 saturated carbocycles. The van der Waals surface area contributed by atoms with E-state index >= 15 is 0 Å². The van der Waals surface area contributed by atoms with E-state index in [2.05, 4.69) is 4.98 Å². The first-order valence-corrected chi connectivity index (χ1v) is 5.98. The molecule has 2 heterocycles. The third-order valence-corrected chi connectivity index (χ3v) is 3.04. The van der Waals surface area contributed by atoms with Crippen molar-refractivity contribution >= 4 is 23.0 Å². The van der Waals surface area contributed by atoms with Crippen molar-refractivity contribution in [2.45, 2.75) is 12.3 Å². The second-order valence-electron chi connectivity index (χ2n) is 4.08. The fourth-order valence-corrected chi connectivity index (χ4v) is 2.03. The highest BCUT2D eigenvalue weighted by atomic mass is 32.1. The van der Waals surface area contributed by atoms with Gasteiger partial charge in [-0.05, 0) is 12.1 Å². The quantitative estimate of drug-likeness (QED) is 0.839. The molecule has 0 aliphatic carbocycles. The second-order valence-corrected chi connectivity index (χ2v) is 4.55. The van der Waals surface area contributed by atoms with Crippen LogP contribution in [0.25, 0.3) is 0 Å². The molecule has 0 amide bonds. The van der Waals surface area contributed by atoms with Gasteiger partial charge in [0, 0.05) is 12.7 Å². The summed E-state index contributed by atoms with van der Waals surface area (Å²) in [5.41, 5.74) is 4.70. The van der Waals surface area contributed by atoms with Crippen LogP contribution in [-0.2, 0) is 10.9 Å². The van der Waals surface area contributed by atoms with E-state index in [9.17, 15) is 13.2 Å². The molecule has 1 aliphatic heterocycles. The van der Waals surface area contributed by atoms with Crippen molar-refractivity contribution in [3.05, 3.63) is 23.9 Å². The number of nitrogens with two attached hydrogens (primary N) is 1. The minimum Gasteiger partial charge on any atom is -0.391 e. The molecule has 2 rings (SSSR count). The summed E-state index contributed by atoms with van der Waals surface area (Å²) >= 11 is 4.81. The molecule has 0 aromatic carbocycles. The Balaban J connectivity index is 2.29. The zero-order valence-electron chi connectivity index (χ0n) is 9.85. The van der Waals surface area contributed by atoms with Gasteiger partial charge in [-0.1, -0.05) is 12.2 Å². The molecular weight excluding hydrogens is 279 g/mol. The van der Waals surface area contributed by atoms with Gasteiger partial charge in [0.05, 0.1) is 18.7 Å².